The highest BCUT2D eigenvalue weighted by Crippen LogP contribution is 2.55. The van der Waals surface area contributed by atoms with Gasteiger partial charge in [0.25, 0.3) is 0 Å². The van der Waals surface area contributed by atoms with Gasteiger partial charge in [0, 0.05) is 18.7 Å². The Bertz CT molecular complexity index is 1610. The Labute approximate surface area is 283 Å². The molecular weight excluding hydrogens is 661 g/mol. The molecule has 1 heterocycles. The molecule has 0 radical (unpaired) electrons. The summed E-state index contributed by atoms with van der Waals surface area (Å²) in [4.78, 5) is 17.4. The molecule has 3 nitrogen and oxygen atoms in total. The van der Waals surface area contributed by atoms with E-state index in [2.05, 4.69) is 129 Å². The van der Waals surface area contributed by atoms with E-state index >= 15 is 0 Å². The van der Waals surface area contributed by atoms with Crippen LogP contribution < -0.4 is 32.9 Å². The summed E-state index contributed by atoms with van der Waals surface area (Å²) in [5, 5.41) is 4.33. The van der Waals surface area contributed by atoms with Crippen molar-refractivity contribution in [1.29, 1.82) is 0 Å². The molecule has 0 aliphatic carbocycles. The molecule has 0 atom stereocenters. The van der Waals surface area contributed by atoms with E-state index in [1.54, 1.807) is 18.3 Å². The van der Waals surface area contributed by atoms with Gasteiger partial charge in [-0.1, -0.05) is 111 Å². The Kier molecular flexibility index (Phi) is 11.9. The van der Waals surface area contributed by atoms with E-state index in [0.29, 0.717) is 11.8 Å². The van der Waals surface area contributed by atoms with E-state index in [1.165, 1.54) is 21.5 Å². The fourth-order valence-corrected chi connectivity index (χ4v) is 10.1. The summed E-state index contributed by atoms with van der Waals surface area (Å²) in [5.41, 5.74) is 3.72. The van der Waals surface area contributed by atoms with Crippen LogP contribution in [0, 0.1) is 0 Å². The zero-order chi connectivity index (χ0) is 31.0. The number of rotatable bonds is 10. The van der Waals surface area contributed by atoms with Gasteiger partial charge in [-0.05, 0) is 76.2 Å². The number of halogens is 2. The van der Waals surface area contributed by atoms with Crippen molar-refractivity contribution >= 4 is 46.3 Å². The third kappa shape index (κ3) is 8.38. The zero-order valence-corrected chi connectivity index (χ0v) is 29.1. The van der Waals surface area contributed by atoms with Gasteiger partial charge in [0.1, 0.15) is 28.3 Å². The van der Waals surface area contributed by atoms with Gasteiger partial charge in [-0.2, -0.15) is 0 Å². The van der Waals surface area contributed by atoms with Crippen molar-refractivity contribution in [3.63, 3.8) is 0 Å². The van der Waals surface area contributed by atoms with Crippen molar-refractivity contribution < 1.29 is 26.5 Å². The van der Waals surface area contributed by atoms with Gasteiger partial charge in [0.05, 0.1) is 12.8 Å². The maximum absolute atomic E-state index is 13.3. The second-order valence-electron chi connectivity index (χ2n) is 11.8. The molecule has 0 fully saturated rings. The minimum Gasteiger partial charge on any atom is -1.00 e. The van der Waals surface area contributed by atoms with Crippen LogP contribution in [0.3, 0.4) is 0 Å². The number of hydrogen-bond acceptors (Lipinski definition) is 3. The Balaban J connectivity index is 0.00000461. The number of carbonyl (C=O) groups is 1. The van der Waals surface area contributed by atoms with E-state index < -0.39 is 7.26 Å². The Hall–Kier alpha value is -3.56. The van der Waals surface area contributed by atoms with Crippen LogP contribution in [0.2, 0.25) is 5.15 Å². The number of nitrogens with zero attached hydrogens (tertiary/aromatic N) is 1. The highest BCUT2D eigenvalue weighted by atomic mass is 79.9. The third-order valence-electron chi connectivity index (χ3n) is 7.83. The molecule has 5 aromatic rings. The molecule has 0 N–H and O–H groups in total. The predicted octanol–water partition coefficient (Wildman–Crippen LogP) is 5.40. The number of carbonyl (C=O) groups excluding carboxylic acids is 1. The van der Waals surface area contributed by atoms with Crippen LogP contribution in [0.4, 0.5) is 0 Å². The molecule has 0 amide bonds. The SMILES string of the molecule is CC(C)(C)c1ccc(/C(=C/C(=O)OCCC[P+](c2ccccc2)(c2ccccc2)c2ccccc2)c2ccnc(Cl)c2)cc1.[Br-]. The average molecular weight is 699 g/mol. The van der Waals surface area contributed by atoms with Crippen LogP contribution in [-0.4, -0.2) is 23.7 Å². The molecule has 0 spiro atoms. The van der Waals surface area contributed by atoms with Gasteiger partial charge in [-0.25, -0.2) is 9.78 Å². The molecule has 0 aliphatic rings. The third-order valence-corrected chi connectivity index (χ3v) is 12.6. The van der Waals surface area contributed by atoms with Gasteiger partial charge < -0.3 is 21.7 Å². The van der Waals surface area contributed by atoms with Gasteiger partial charge in [-0.3, -0.25) is 0 Å². The monoisotopic (exact) mass is 697 g/mol. The molecule has 4 aromatic carbocycles. The summed E-state index contributed by atoms with van der Waals surface area (Å²) in [7, 11) is -1.99. The van der Waals surface area contributed by atoms with E-state index in [1.807, 2.05) is 18.2 Å². The van der Waals surface area contributed by atoms with E-state index in [-0.39, 0.29) is 28.4 Å². The van der Waals surface area contributed by atoms with Crippen LogP contribution in [0.15, 0.2) is 140 Å². The van der Waals surface area contributed by atoms with Crippen molar-refractivity contribution in [3.05, 3.63) is 162 Å². The van der Waals surface area contributed by atoms with Gasteiger partial charge in [-0.15, -0.1) is 0 Å². The van der Waals surface area contributed by atoms with Crippen LogP contribution in [0.1, 0.15) is 43.9 Å². The molecule has 1 aromatic heterocycles. The molecule has 0 bridgehead atoms. The fourth-order valence-electron chi connectivity index (χ4n) is 5.57. The number of benzene rings is 4. The smallest absolute Gasteiger partial charge is 0.331 e. The summed E-state index contributed by atoms with van der Waals surface area (Å²) in [6, 6.07) is 44.2. The maximum atomic E-state index is 13.3. The average Bonchev–Trinajstić information content (AvgIpc) is 3.05. The molecular formula is C39H38BrClNO2P. The summed E-state index contributed by atoms with van der Waals surface area (Å²) >= 11 is 6.24. The second-order valence-corrected chi connectivity index (χ2v) is 15.8. The second kappa shape index (κ2) is 15.6. The first-order chi connectivity index (χ1) is 21.3. The quantitative estimate of drug-likeness (QED) is 0.0646. The minimum atomic E-state index is -1.99. The standard InChI is InChI=1S/C39H38ClNO2P.BrH/c1-39(2,3)32-22-20-30(21-23-32)36(31-24-25-41-37(40)28-31)29-38(42)43-26-13-27-44(33-14-7-4-8-15-33,34-16-9-5-10-17-34)35-18-11-6-12-19-35;/h4-12,14-25,28-29H,13,26-27H2,1-3H3;1H/q+1;/p-1/b36-29-;. The fraction of sp³-hybridized carbons (Fsp3) is 0.179. The predicted molar refractivity (Wildman–Crippen MR) is 187 cm³/mol. The van der Waals surface area contributed by atoms with Crippen molar-refractivity contribution in [2.75, 3.05) is 12.8 Å². The Morgan fingerprint density at radius 2 is 1.27 bits per heavy atom. The summed E-state index contributed by atoms with van der Waals surface area (Å²) in [5.74, 6) is -0.379. The first kappa shape index (κ1) is 34.3. The number of aromatic nitrogens is 1. The van der Waals surface area contributed by atoms with Crippen molar-refractivity contribution in [2.24, 2.45) is 0 Å². The van der Waals surface area contributed by atoms with Crippen molar-refractivity contribution in [1.82, 2.24) is 4.98 Å². The lowest BCUT2D eigenvalue weighted by molar-refractivity contribution is -0.137. The molecule has 0 saturated carbocycles. The highest BCUT2D eigenvalue weighted by molar-refractivity contribution is 7.95. The first-order valence-corrected chi connectivity index (χ1v) is 17.3. The van der Waals surface area contributed by atoms with Crippen molar-refractivity contribution in [2.45, 2.75) is 32.6 Å². The normalized spacial score (nSPS) is 11.9. The maximum Gasteiger partial charge on any atom is 0.331 e. The molecule has 6 heteroatoms. The van der Waals surface area contributed by atoms with E-state index in [4.69, 9.17) is 16.3 Å². The van der Waals surface area contributed by atoms with E-state index in [0.717, 1.165) is 29.3 Å². The topological polar surface area (TPSA) is 39.2 Å². The largest absolute Gasteiger partial charge is 1.00 e. The van der Waals surface area contributed by atoms with Gasteiger partial charge in [0.2, 0.25) is 0 Å². The van der Waals surface area contributed by atoms with Crippen LogP contribution in [0.5, 0.6) is 0 Å². The number of pyridine rings is 1. The van der Waals surface area contributed by atoms with Crippen LogP contribution in [0.25, 0.3) is 5.57 Å². The highest BCUT2D eigenvalue weighted by Gasteiger charge is 2.44. The number of esters is 1. The molecule has 0 unspecified atom stereocenters. The van der Waals surface area contributed by atoms with Gasteiger partial charge >= 0.3 is 5.97 Å². The lowest BCUT2D eigenvalue weighted by Crippen LogP contribution is -3.00. The lowest BCUT2D eigenvalue weighted by atomic mass is 9.85. The Morgan fingerprint density at radius 1 is 0.756 bits per heavy atom. The molecule has 45 heavy (non-hydrogen) atoms. The first-order valence-electron chi connectivity index (χ1n) is 14.9. The minimum absolute atomic E-state index is 0. The number of ether oxygens (including phenoxy) is 1. The van der Waals surface area contributed by atoms with Crippen molar-refractivity contribution in [3.8, 4) is 0 Å². The van der Waals surface area contributed by atoms with E-state index in [9.17, 15) is 4.79 Å². The summed E-state index contributed by atoms with van der Waals surface area (Å²) in [6.45, 7) is 6.87. The lowest BCUT2D eigenvalue weighted by Gasteiger charge is -2.27. The van der Waals surface area contributed by atoms with Gasteiger partial charge in [0.15, 0.2) is 0 Å². The number of hydrogen-bond donors (Lipinski definition) is 0. The van der Waals surface area contributed by atoms with Crippen LogP contribution in [-0.2, 0) is 14.9 Å². The summed E-state index contributed by atoms with van der Waals surface area (Å²) in [6.07, 6.45) is 4.83. The summed E-state index contributed by atoms with van der Waals surface area (Å²) < 4.78 is 5.88. The molecule has 0 aliphatic heterocycles. The Morgan fingerprint density at radius 3 is 1.73 bits per heavy atom. The van der Waals surface area contributed by atoms with Crippen LogP contribution >= 0.6 is 18.9 Å². The molecule has 0 saturated heterocycles. The zero-order valence-electron chi connectivity index (χ0n) is 25.9. The molecule has 230 valence electrons. The molecule has 5 rings (SSSR count).